The van der Waals surface area contributed by atoms with E-state index in [2.05, 4.69) is 23.2 Å². The van der Waals surface area contributed by atoms with E-state index in [-0.39, 0.29) is 0 Å². The fourth-order valence-corrected chi connectivity index (χ4v) is 3.03. The number of rotatable bonds is 3. The van der Waals surface area contributed by atoms with Gasteiger partial charge in [-0.15, -0.1) is 0 Å². The first-order valence-corrected chi connectivity index (χ1v) is 7.00. The topological polar surface area (TPSA) is 35.5 Å². The van der Waals surface area contributed by atoms with E-state index in [1.807, 2.05) is 12.1 Å². The third-order valence-corrected chi connectivity index (χ3v) is 4.12. The third kappa shape index (κ3) is 2.38. The van der Waals surface area contributed by atoms with E-state index in [0.29, 0.717) is 11.8 Å². The van der Waals surface area contributed by atoms with Gasteiger partial charge in [0, 0.05) is 37.8 Å². The maximum Gasteiger partial charge on any atom is 0.120 e. The van der Waals surface area contributed by atoms with Gasteiger partial charge in [0.2, 0.25) is 0 Å². The molecule has 3 rings (SSSR count). The highest BCUT2D eigenvalue weighted by atomic mass is 16.3. The standard InChI is InChI=1S/C15H22N2O/c1-11-2-5-14(18)13(10-11)15(12-3-4-12)17-8-6-16-7-9-17/h2,5,10,12,15-16,18H,3-4,6-9H2,1H3/t15-/m0/s1. The van der Waals surface area contributed by atoms with E-state index in [1.54, 1.807) is 0 Å². The Morgan fingerprint density at radius 1 is 1.28 bits per heavy atom. The van der Waals surface area contributed by atoms with E-state index in [0.717, 1.165) is 37.7 Å². The van der Waals surface area contributed by atoms with Crippen LogP contribution in [0.1, 0.15) is 30.0 Å². The van der Waals surface area contributed by atoms with Gasteiger partial charge in [-0.05, 0) is 31.7 Å². The van der Waals surface area contributed by atoms with Crippen LogP contribution in [0, 0.1) is 12.8 Å². The largest absolute Gasteiger partial charge is 0.508 e. The molecule has 0 aromatic heterocycles. The molecule has 1 saturated heterocycles. The molecule has 3 heteroatoms. The van der Waals surface area contributed by atoms with Crippen LogP contribution in [0.5, 0.6) is 5.75 Å². The molecule has 18 heavy (non-hydrogen) atoms. The van der Waals surface area contributed by atoms with E-state index >= 15 is 0 Å². The van der Waals surface area contributed by atoms with Crippen LogP contribution in [-0.2, 0) is 0 Å². The Hall–Kier alpha value is -1.06. The quantitative estimate of drug-likeness (QED) is 0.857. The number of phenolic OH excluding ortho intramolecular Hbond substituents is 1. The summed E-state index contributed by atoms with van der Waals surface area (Å²) >= 11 is 0. The van der Waals surface area contributed by atoms with E-state index in [9.17, 15) is 5.11 Å². The van der Waals surface area contributed by atoms with Gasteiger partial charge < -0.3 is 10.4 Å². The highest BCUT2D eigenvalue weighted by Gasteiger charge is 2.37. The van der Waals surface area contributed by atoms with Gasteiger partial charge in [-0.1, -0.05) is 17.7 Å². The van der Waals surface area contributed by atoms with Crippen molar-refractivity contribution in [2.45, 2.75) is 25.8 Å². The second-order valence-electron chi connectivity index (χ2n) is 5.63. The van der Waals surface area contributed by atoms with Gasteiger partial charge in [0.05, 0.1) is 0 Å². The minimum Gasteiger partial charge on any atom is -0.508 e. The SMILES string of the molecule is Cc1ccc(O)c([C@H](C2CC2)N2CCNCC2)c1. The molecule has 1 atom stereocenters. The first-order chi connectivity index (χ1) is 8.75. The van der Waals surface area contributed by atoms with Crippen LogP contribution in [0.3, 0.4) is 0 Å². The number of phenols is 1. The van der Waals surface area contributed by atoms with E-state index in [4.69, 9.17) is 0 Å². The molecule has 0 amide bonds. The number of aryl methyl sites for hydroxylation is 1. The van der Waals surface area contributed by atoms with Crippen molar-refractivity contribution in [1.29, 1.82) is 0 Å². The molecular formula is C15H22N2O. The second-order valence-corrected chi connectivity index (χ2v) is 5.63. The van der Waals surface area contributed by atoms with Crippen molar-refractivity contribution in [3.05, 3.63) is 29.3 Å². The number of piperazine rings is 1. The summed E-state index contributed by atoms with van der Waals surface area (Å²) in [5.41, 5.74) is 2.38. The summed E-state index contributed by atoms with van der Waals surface area (Å²) in [7, 11) is 0. The van der Waals surface area contributed by atoms with Crippen molar-refractivity contribution < 1.29 is 5.11 Å². The van der Waals surface area contributed by atoms with Crippen LogP contribution in [0.2, 0.25) is 0 Å². The monoisotopic (exact) mass is 246 g/mol. The normalized spacial score (nSPS) is 22.9. The highest BCUT2D eigenvalue weighted by Crippen LogP contribution is 2.46. The molecular weight excluding hydrogens is 224 g/mol. The molecule has 1 aliphatic carbocycles. The van der Waals surface area contributed by atoms with Gasteiger partial charge >= 0.3 is 0 Å². The fraction of sp³-hybridized carbons (Fsp3) is 0.600. The molecule has 1 heterocycles. The van der Waals surface area contributed by atoms with Crippen molar-refractivity contribution in [2.24, 2.45) is 5.92 Å². The van der Waals surface area contributed by atoms with Crippen molar-refractivity contribution >= 4 is 0 Å². The van der Waals surface area contributed by atoms with E-state index < -0.39 is 0 Å². The van der Waals surface area contributed by atoms with Crippen molar-refractivity contribution in [3.63, 3.8) is 0 Å². The lowest BCUT2D eigenvalue weighted by molar-refractivity contribution is 0.153. The van der Waals surface area contributed by atoms with Gasteiger partial charge in [-0.25, -0.2) is 0 Å². The zero-order valence-corrected chi connectivity index (χ0v) is 11.0. The average molecular weight is 246 g/mol. The van der Waals surface area contributed by atoms with Gasteiger partial charge in [0.1, 0.15) is 5.75 Å². The summed E-state index contributed by atoms with van der Waals surface area (Å²) in [6.07, 6.45) is 2.62. The highest BCUT2D eigenvalue weighted by molar-refractivity contribution is 5.39. The summed E-state index contributed by atoms with van der Waals surface area (Å²) in [4.78, 5) is 2.54. The molecule has 0 unspecified atom stereocenters. The summed E-state index contributed by atoms with van der Waals surface area (Å²) in [6.45, 7) is 6.42. The molecule has 1 aromatic carbocycles. The number of nitrogens with one attached hydrogen (secondary N) is 1. The smallest absolute Gasteiger partial charge is 0.120 e. The van der Waals surface area contributed by atoms with Crippen molar-refractivity contribution in [3.8, 4) is 5.75 Å². The number of aromatic hydroxyl groups is 1. The minimum atomic E-state index is 0.423. The number of hydrogen-bond donors (Lipinski definition) is 2. The first-order valence-electron chi connectivity index (χ1n) is 7.00. The Morgan fingerprint density at radius 3 is 2.67 bits per heavy atom. The molecule has 1 saturated carbocycles. The number of nitrogens with zero attached hydrogens (tertiary/aromatic N) is 1. The molecule has 0 bridgehead atoms. The summed E-state index contributed by atoms with van der Waals surface area (Å²) in [6, 6.07) is 6.43. The minimum absolute atomic E-state index is 0.423. The van der Waals surface area contributed by atoms with E-state index in [1.165, 1.54) is 18.4 Å². The summed E-state index contributed by atoms with van der Waals surface area (Å²) < 4.78 is 0. The Bertz CT molecular complexity index is 423. The molecule has 0 spiro atoms. The van der Waals surface area contributed by atoms with Crippen LogP contribution in [0.4, 0.5) is 0 Å². The zero-order valence-electron chi connectivity index (χ0n) is 11.0. The molecule has 2 aliphatic rings. The molecule has 3 nitrogen and oxygen atoms in total. The zero-order chi connectivity index (χ0) is 12.5. The van der Waals surface area contributed by atoms with Crippen LogP contribution >= 0.6 is 0 Å². The van der Waals surface area contributed by atoms with Crippen LogP contribution < -0.4 is 5.32 Å². The van der Waals surface area contributed by atoms with Gasteiger partial charge in [-0.3, -0.25) is 4.90 Å². The Balaban J connectivity index is 1.90. The predicted octanol–water partition coefficient (Wildman–Crippen LogP) is 2.06. The number of hydrogen-bond acceptors (Lipinski definition) is 3. The fourth-order valence-electron chi connectivity index (χ4n) is 3.03. The molecule has 98 valence electrons. The third-order valence-electron chi connectivity index (χ3n) is 4.12. The Morgan fingerprint density at radius 2 is 2.00 bits per heavy atom. The van der Waals surface area contributed by atoms with Crippen LogP contribution in [0.25, 0.3) is 0 Å². The summed E-state index contributed by atoms with van der Waals surface area (Å²) in [5.74, 6) is 1.21. The Kier molecular flexibility index (Phi) is 3.27. The lowest BCUT2D eigenvalue weighted by atomic mass is 9.97. The van der Waals surface area contributed by atoms with Crippen LogP contribution in [0.15, 0.2) is 18.2 Å². The van der Waals surface area contributed by atoms with Gasteiger partial charge in [0.25, 0.3) is 0 Å². The predicted molar refractivity (Wildman–Crippen MR) is 72.8 cm³/mol. The maximum atomic E-state index is 10.2. The lowest BCUT2D eigenvalue weighted by Gasteiger charge is -2.35. The molecule has 0 radical (unpaired) electrons. The summed E-state index contributed by atoms with van der Waals surface area (Å²) in [5, 5.41) is 13.6. The van der Waals surface area contributed by atoms with Gasteiger partial charge in [-0.2, -0.15) is 0 Å². The maximum absolute atomic E-state index is 10.2. The van der Waals surface area contributed by atoms with Crippen molar-refractivity contribution in [2.75, 3.05) is 26.2 Å². The van der Waals surface area contributed by atoms with Gasteiger partial charge in [0.15, 0.2) is 0 Å². The lowest BCUT2D eigenvalue weighted by Crippen LogP contribution is -2.45. The molecule has 1 aromatic rings. The average Bonchev–Trinajstić information content (AvgIpc) is 3.20. The van der Waals surface area contributed by atoms with Crippen molar-refractivity contribution in [1.82, 2.24) is 10.2 Å². The Labute approximate surface area is 109 Å². The second kappa shape index (κ2) is 4.90. The molecule has 2 N–H and O–H groups in total. The molecule has 2 fully saturated rings. The number of benzene rings is 1. The van der Waals surface area contributed by atoms with Crippen LogP contribution in [-0.4, -0.2) is 36.2 Å². The molecule has 1 aliphatic heterocycles. The first kappa shape index (κ1) is 12.0.